The average molecular weight is 251 g/mol. The van der Waals surface area contributed by atoms with Crippen molar-refractivity contribution in [2.45, 2.75) is 18.8 Å². The van der Waals surface area contributed by atoms with Crippen molar-refractivity contribution in [2.24, 2.45) is 4.99 Å². The molecule has 0 radical (unpaired) electrons. The van der Waals surface area contributed by atoms with Gasteiger partial charge in [0.05, 0.1) is 19.6 Å². The largest absolute Gasteiger partial charge is 0.450 e. The first-order chi connectivity index (χ1) is 7.09. The summed E-state index contributed by atoms with van der Waals surface area (Å²) >= 11 is 0. The predicted molar refractivity (Wildman–Crippen MR) is 41.1 cm³/mol. The van der Waals surface area contributed by atoms with E-state index in [1.54, 1.807) is 0 Å². The van der Waals surface area contributed by atoms with Crippen molar-refractivity contribution in [2.75, 3.05) is 13.2 Å². The summed E-state index contributed by atoms with van der Waals surface area (Å²) in [6.45, 7) is -1.46. The number of hydrogen-bond acceptors (Lipinski definition) is 3. The molecule has 0 aliphatic carbocycles. The number of aliphatic hydroxyl groups excluding tert-OH is 1. The van der Waals surface area contributed by atoms with Gasteiger partial charge in [0.2, 0.25) is 5.78 Å². The first-order valence-corrected chi connectivity index (χ1v) is 3.90. The normalized spacial score (nSPS) is 14.1. The molecule has 9 heteroatoms. The Labute approximate surface area is 85.8 Å². The Kier molecular flexibility index (Phi) is 4.91. The summed E-state index contributed by atoms with van der Waals surface area (Å²) < 4.78 is 71.3. The van der Waals surface area contributed by atoms with E-state index in [2.05, 4.69) is 4.99 Å². The van der Waals surface area contributed by atoms with Crippen LogP contribution in [0.4, 0.5) is 26.3 Å². The Bertz CT molecular complexity index is 280. The highest BCUT2D eigenvalue weighted by atomic mass is 19.4. The minimum Gasteiger partial charge on any atom is -0.394 e. The van der Waals surface area contributed by atoms with Crippen molar-refractivity contribution in [1.82, 2.24) is 0 Å². The maximum Gasteiger partial charge on any atom is 0.450 e. The molecule has 16 heavy (non-hydrogen) atoms. The second-order valence-corrected chi connectivity index (χ2v) is 2.65. The third kappa shape index (κ3) is 5.10. The van der Waals surface area contributed by atoms with Crippen LogP contribution in [0.15, 0.2) is 4.99 Å². The molecule has 0 aromatic heterocycles. The SMILES string of the molecule is O=C(C/C(=N\CCO)C(F)(F)F)C(F)(F)F. The molecule has 0 unspecified atom stereocenters. The highest BCUT2D eigenvalue weighted by Crippen LogP contribution is 2.24. The summed E-state index contributed by atoms with van der Waals surface area (Å²) in [5, 5.41) is 8.19. The summed E-state index contributed by atoms with van der Waals surface area (Å²) in [5.41, 5.74) is -1.84. The second-order valence-electron chi connectivity index (χ2n) is 2.65. The predicted octanol–water partition coefficient (Wildman–Crippen LogP) is 1.50. The number of carbonyl (C=O) groups excluding carboxylic acids is 1. The van der Waals surface area contributed by atoms with Gasteiger partial charge in [-0.1, -0.05) is 0 Å². The summed E-state index contributed by atoms with van der Waals surface area (Å²) in [4.78, 5) is 13.0. The number of halogens is 6. The molecule has 0 spiro atoms. The molecule has 0 aromatic rings. The van der Waals surface area contributed by atoms with Gasteiger partial charge in [0.15, 0.2) is 0 Å². The van der Waals surface area contributed by atoms with Gasteiger partial charge in [-0.2, -0.15) is 26.3 Å². The molecule has 0 bridgehead atoms. The second kappa shape index (κ2) is 5.28. The van der Waals surface area contributed by atoms with E-state index < -0.39 is 43.4 Å². The molecular weight excluding hydrogens is 244 g/mol. The number of rotatable bonds is 4. The molecule has 0 rings (SSSR count). The number of aliphatic imine (C=N–C) groups is 1. The minimum absolute atomic E-state index is 0.708. The van der Waals surface area contributed by atoms with Crippen LogP contribution in [0.2, 0.25) is 0 Å². The van der Waals surface area contributed by atoms with E-state index in [1.165, 1.54) is 0 Å². The first-order valence-electron chi connectivity index (χ1n) is 3.90. The maximum atomic E-state index is 12.1. The Hall–Kier alpha value is -1.12. The highest BCUT2D eigenvalue weighted by Gasteiger charge is 2.44. The van der Waals surface area contributed by atoms with Gasteiger partial charge >= 0.3 is 12.4 Å². The molecule has 0 saturated carbocycles. The Balaban J connectivity index is 4.77. The fourth-order valence-corrected chi connectivity index (χ4v) is 0.683. The lowest BCUT2D eigenvalue weighted by atomic mass is 10.2. The summed E-state index contributed by atoms with van der Waals surface area (Å²) in [6.07, 6.45) is -12.3. The summed E-state index contributed by atoms with van der Waals surface area (Å²) in [5.74, 6) is -2.53. The Morgan fingerprint density at radius 2 is 1.56 bits per heavy atom. The van der Waals surface area contributed by atoms with Crippen molar-refractivity contribution in [3.8, 4) is 0 Å². The van der Waals surface area contributed by atoms with Crippen molar-refractivity contribution in [3.05, 3.63) is 0 Å². The number of hydrogen-bond donors (Lipinski definition) is 1. The number of aliphatic hydroxyl groups is 1. The zero-order valence-corrected chi connectivity index (χ0v) is 7.69. The number of carbonyl (C=O) groups is 1. The molecular formula is C7H7F6NO2. The van der Waals surface area contributed by atoms with Crippen molar-refractivity contribution < 1.29 is 36.2 Å². The standard InChI is InChI=1S/C7H7F6NO2/c8-6(9,10)4(14-1-2-15)3-5(16)7(11,12)13/h15H,1-3H2/b14-4+. The zero-order valence-electron chi connectivity index (χ0n) is 7.69. The van der Waals surface area contributed by atoms with Crippen molar-refractivity contribution >= 4 is 11.5 Å². The van der Waals surface area contributed by atoms with Crippen LogP contribution in [-0.2, 0) is 4.79 Å². The molecule has 1 N–H and O–H groups in total. The van der Waals surface area contributed by atoms with E-state index in [-0.39, 0.29) is 0 Å². The molecule has 3 nitrogen and oxygen atoms in total. The average Bonchev–Trinajstić information content (AvgIpc) is 2.08. The quantitative estimate of drug-likeness (QED) is 0.608. The highest BCUT2D eigenvalue weighted by molar-refractivity contribution is 6.06. The zero-order chi connectivity index (χ0) is 13.0. The molecule has 0 atom stereocenters. The lowest BCUT2D eigenvalue weighted by molar-refractivity contribution is -0.170. The lowest BCUT2D eigenvalue weighted by Gasteiger charge is -2.11. The summed E-state index contributed by atoms with van der Waals surface area (Å²) in [6, 6.07) is 0. The molecule has 0 aliphatic rings. The smallest absolute Gasteiger partial charge is 0.394 e. The van der Waals surface area contributed by atoms with Gasteiger partial charge < -0.3 is 5.11 Å². The maximum absolute atomic E-state index is 12.1. The van der Waals surface area contributed by atoms with E-state index >= 15 is 0 Å². The van der Waals surface area contributed by atoms with Crippen LogP contribution >= 0.6 is 0 Å². The fraction of sp³-hybridized carbons (Fsp3) is 0.714. The van der Waals surface area contributed by atoms with Gasteiger partial charge in [-0.15, -0.1) is 0 Å². The van der Waals surface area contributed by atoms with E-state index in [9.17, 15) is 31.1 Å². The summed E-state index contributed by atoms with van der Waals surface area (Å²) in [7, 11) is 0. The van der Waals surface area contributed by atoms with Crippen LogP contribution in [0.1, 0.15) is 6.42 Å². The molecule has 0 amide bonds. The van der Waals surface area contributed by atoms with Gasteiger partial charge in [0, 0.05) is 0 Å². The van der Waals surface area contributed by atoms with Gasteiger partial charge in [0.1, 0.15) is 5.71 Å². The van der Waals surface area contributed by atoms with E-state index in [0.717, 1.165) is 0 Å². The molecule has 0 aromatic carbocycles. The fourth-order valence-electron chi connectivity index (χ4n) is 0.683. The van der Waals surface area contributed by atoms with Gasteiger partial charge in [-0.3, -0.25) is 9.79 Å². The topological polar surface area (TPSA) is 49.7 Å². The van der Waals surface area contributed by atoms with E-state index in [0.29, 0.717) is 0 Å². The van der Waals surface area contributed by atoms with Gasteiger partial charge in [0.25, 0.3) is 0 Å². The number of nitrogens with zero attached hydrogens (tertiary/aromatic N) is 1. The molecule has 0 fully saturated rings. The molecule has 0 saturated heterocycles. The van der Waals surface area contributed by atoms with Gasteiger partial charge in [-0.05, 0) is 0 Å². The Morgan fingerprint density at radius 3 is 1.88 bits per heavy atom. The lowest BCUT2D eigenvalue weighted by Crippen LogP contribution is -2.32. The van der Waals surface area contributed by atoms with Crippen LogP contribution < -0.4 is 0 Å². The number of alkyl halides is 6. The third-order valence-electron chi connectivity index (χ3n) is 1.37. The monoisotopic (exact) mass is 251 g/mol. The van der Waals surface area contributed by atoms with Crippen LogP contribution in [0.3, 0.4) is 0 Å². The molecule has 94 valence electrons. The third-order valence-corrected chi connectivity index (χ3v) is 1.37. The van der Waals surface area contributed by atoms with E-state index in [1.807, 2.05) is 0 Å². The van der Waals surface area contributed by atoms with Crippen LogP contribution in [-0.4, -0.2) is 42.1 Å². The number of Topliss-reactive ketones (excluding diaryl/α,β-unsaturated/α-hetero) is 1. The van der Waals surface area contributed by atoms with Crippen molar-refractivity contribution in [3.63, 3.8) is 0 Å². The Morgan fingerprint density at radius 1 is 1.06 bits per heavy atom. The van der Waals surface area contributed by atoms with E-state index in [4.69, 9.17) is 5.11 Å². The van der Waals surface area contributed by atoms with Gasteiger partial charge in [-0.25, -0.2) is 0 Å². The minimum atomic E-state index is -5.33. The number of ketones is 1. The molecule has 0 heterocycles. The first kappa shape index (κ1) is 14.9. The molecule has 0 aliphatic heterocycles. The van der Waals surface area contributed by atoms with Crippen LogP contribution in [0.25, 0.3) is 0 Å². The van der Waals surface area contributed by atoms with Crippen molar-refractivity contribution in [1.29, 1.82) is 0 Å². The van der Waals surface area contributed by atoms with Crippen LogP contribution in [0, 0.1) is 0 Å². The van der Waals surface area contributed by atoms with Crippen LogP contribution in [0.5, 0.6) is 0 Å².